The quantitative estimate of drug-likeness (QED) is 0.806. The fraction of sp³-hybridized carbons (Fsp3) is 0.286. The van der Waals surface area contributed by atoms with Gasteiger partial charge in [-0.05, 0) is 49.4 Å². The Kier molecular flexibility index (Phi) is 4.84. The zero-order chi connectivity index (χ0) is 13.1. The Morgan fingerprint density at radius 3 is 2.67 bits per heavy atom. The van der Waals surface area contributed by atoms with Crippen LogP contribution in [0.1, 0.15) is 28.3 Å². The van der Waals surface area contributed by atoms with Crippen LogP contribution in [0.25, 0.3) is 0 Å². The van der Waals surface area contributed by atoms with Crippen molar-refractivity contribution >= 4 is 38.9 Å². The van der Waals surface area contributed by atoms with Crippen molar-refractivity contribution in [3.05, 3.63) is 55.1 Å². The third kappa shape index (κ3) is 3.35. The van der Waals surface area contributed by atoms with Gasteiger partial charge in [0.1, 0.15) is 0 Å². The molecule has 1 atom stereocenters. The van der Waals surface area contributed by atoms with E-state index in [2.05, 4.69) is 53.3 Å². The minimum absolute atomic E-state index is 0.212. The van der Waals surface area contributed by atoms with Crippen molar-refractivity contribution in [2.24, 2.45) is 0 Å². The van der Waals surface area contributed by atoms with E-state index in [1.165, 1.54) is 15.3 Å². The predicted octanol–water partition coefficient (Wildman–Crippen LogP) is 5.17. The molecule has 1 aromatic carbocycles. The standard InChI is InChI=1S/C14H15BrClNS/c1-3-17-14(13-5-4-9(2)18-13)10-6-11(15)8-12(16)7-10/h4-8,14,17H,3H2,1-2H3. The van der Waals surface area contributed by atoms with E-state index in [0.717, 1.165) is 16.0 Å². The van der Waals surface area contributed by atoms with Gasteiger partial charge < -0.3 is 5.32 Å². The van der Waals surface area contributed by atoms with Gasteiger partial charge in [0.05, 0.1) is 6.04 Å². The van der Waals surface area contributed by atoms with Gasteiger partial charge in [0.2, 0.25) is 0 Å². The van der Waals surface area contributed by atoms with E-state index in [9.17, 15) is 0 Å². The van der Waals surface area contributed by atoms with Crippen molar-refractivity contribution in [3.8, 4) is 0 Å². The average molecular weight is 345 g/mol. The minimum atomic E-state index is 0.212. The van der Waals surface area contributed by atoms with E-state index < -0.39 is 0 Å². The molecule has 0 spiro atoms. The van der Waals surface area contributed by atoms with Crippen LogP contribution in [0.15, 0.2) is 34.8 Å². The molecule has 0 radical (unpaired) electrons. The average Bonchev–Trinajstić information content (AvgIpc) is 2.71. The molecule has 4 heteroatoms. The van der Waals surface area contributed by atoms with E-state index in [0.29, 0.717) is 0 Å². The lowest BCUT2D eigenvalue weighted by atomic mass is 10.1. The first-order valence-electron chi connectivity index (χ1n) is 5.86. The van der Waals surface area contributed by atoms with Gasteiger partial charge in [0.25, 0.3) is 0 Å². The largest absolute Gasteiger partial charge is 0.306 e. The number of hydrogen-bond donors (Lipinski definition) is 1. The Hall–Kier alpha value is -0.350. The van der Waals surface area contributed by atoms with Crippen molar-refractivity contribution in [2.45, 2.75) is 19.9 Å². The van der Waals surface area contributed by atoms with Crippen LogP contribution in [0.4, 0.5) is 0 Å². The zero-order valence-electron chi connectivity index (χ0n) is 10.3. The van der Waals surface area contributed by atoms with Gasteiger partial charge >= 0.3 is 0 Å². The SMILES string of the molecule is CCNC(c1cc(Cl)cc(Br)c1)c1ccc(C)s1. The number of halogens is 2. The van der Waals surface area contributed by atoms with Crippen molar-refractivity contribution in [2.75, 3.05) is 6.54 Å². The van der Waals surface area contributed by atoms with Gasteiger partial charge in [0.15, 0.2) is 0 Å². The summed E-state index contributed by atoms with van der Waals surface area (Å²) in [4.78, 5) is 2.65. The van der Waals surface area contributed by atoms with E-state index in [-0.39, 0.29) is 6.04 Å². The maximum absolute atomic E-state index is 6.13. The van der Waals surface area contributed by atoms with E-state index in [1.807, 2.05) is 23.5 Å². The lowest BCUT2D eigenvalue weighted by Gasteiger charge is -2.17. The predicted molar refractivity (Wildman–Crippen MR) is 83.7 cm³/mol. The molecule has 0 fully saturated rings. The first-order valence-corrected chi connectivity index (χ1v) is 7.84. The maximum Gasteiger partial charge on any atom is 0.0671 e. The molecule has 2 aromatic rings. The van der Waals surface area contributed by atoms with Crippen LogP contribution in [0.2, 0.25) is 5.02 Å². The summed E-state index contributed by atoms with van der Waals surface area (Å²) in [7, 11) is 0. The molecule has 1 unspecified atom stereocenters. The third-order valence-electron chi connectivity index (χ3n) is 2.67. The molecule has 0 amide bonds. The van der Waals surface area contributed by atoms with Gasteiger partial charge in [-0.15, -0.1) is 11.3 Å². The molecule has 1 N–H and O–H groups in total. The Morgan fingerprint density at radius 1 is 1.33 bits per heavy atom. The van der Waals surface area contributed by atoms with Crippen LogP contribution in [0.3, 0.4) is 0 Å². The number of thiophene rings is 1. The van der Waals surface area contributed by atoms with Crippen molar-refractivity contribution in [3.63, 3.8) is 0 Å². The monoisotopic (exact) mass is 343 g/mol. The van der Waals surface area contributed by atoms with Crippen LogP contribution in [-0.2, 0) is 0 Å². The molecule has 0 bridgehead atoms. The summed E-state index contributed by atoms with van der Waals surface area (Å²) in [6, 6.07) is 10.6. The highest BCUT2D eigenvalue weighted by atomic mass is 79.9. The van der Waals surface area contributed by atoms with E-state index in [4.69, 9.17) is 11.6 Å². The number of aryl methyl sites for hydroxylation is 1. The van der Waals surface area contributed by atoms with Crippen molar-refractivity contribution in [1.29, 1.82) is 0 Å². The molecular weight excluding hydrogens is 330 g/mol. The summed E-state index contributed by atoms with van der Waals surface area (Å²) in [6.45, 7) is 5.17. The molecule has 1 heterocycles. The van der Waals surface area contributed by atoms with Crippen LogP contribution in [-0.4, -0.2) is 6.54 Å². The number of rotatable bonds is 4. The fourth-order valence-corrected chi connectivity index (χ4v) is 3.80. The third-order valence-corrected chi connectivity index (χ3v) is 4.41. The molecule has 0 aliphatic carbocycles. The van der Waals surface area contributed by atoms with Crippen LogP contribution in [0, 0.1) is 6.92 Å². The minimum Gasteiger partial charge on any atom is -0.306 e. The summed E-state index contributed by atoms with van der Waals surface area (Å²) in [5.41, 5.74) is 1.19. The van der Waals surface area contributed by atoms with Crippen LogP contribution < -0.4 is 5.32 Å². The second kappa shape index (κ2) is 6.20. The van der Waals surface area contributed by atoms with Crippen LogP contribution in [0.5, 0.6) is 0 Å². The lowest BCUT2D eigenvalue weighted by Crippen LogP contribution is -2.21. The summed E-state index contributed by atoms with van der Waals surface area (Å²) in [5.74, 6) is 0. The topological polar surface area (TPSA) is 12.0 Å². The molecular formula is C14H15BrClNS. The molecule has 1 nitrogen and oxygen atoms in total. The fourth-order valence-electron chi connectivity index (χ4n) is 1.94. The van der Waals surface area contributed by atoms with E-state index >= 15 is 0 Å². The lowest BCUT2D eigenvalue weighted by molar-refractivity contribution is 0.639. The van der Waals surface area contributed by atoms with Crippen molar-refractivity contribution in [1.82, 2.24) is 5.32 Å². The second-order valence-corrected chi connectivity index (χ2v) is 6.81. The molecule has 96 valence electrons. The first-order chi connectivity index (χ1) is 8.60. The van der Waals surface area contributed by atoms with Gasteiger partial charge in [-0.1, -0.05) is 34.5 Å². The Labute approximate surface area is 125 Å². The Balaban J connectivity index is 2.40. The van der Waals surface area contributed by atoms with E-state index in [1.54, 1.807) is 0 Å². The zero-order valence-corrected chi connectivity index (χ0v) is 13.5. The first kappa shape index (κ1) is 14.1. The molecule has 1 aromatic heterocycles. The second-order valence-electron chi connectivity index (χ2n) is 4.14. The van der Waals surface area contributed by atoms with Gasteiger partial charge in [-0.2, -0.15) is 0 Å². The molecule has 0 saturated carbocycles. The summed E-state index contributed by atoms with van der Waals surface area (Å²) >= 11 is 11.5. The highest BCUT2D eigenvalue weighted by molar-refractivity contribution is 9.10. The van der Waals surface area contributed by atoms with Crippen molar-refractivity contribution < 1.29 is 0 Å². The Bertz CT molecular complexity index is 518. The van der Waals surface area contributed by atoms with Crippen LogP contribution >= 0.6 is 38.9 Å². The highest BCUT2D eigenvalue weighted by Crippen LogP contribution is 2.31. The summed E-state index contributed by atoms with van der Waals surface area (Å²) in [5, 5.41) is 4.27. The number of benzene rings is 1. The highest BCUT2D eigenvalue weighted by Gasteiger charge is 2.15. The molecule has 0 aliphatic rings. The smallest absolute Gasteiger partial charge is 0.0671 e. The maximum atomic E-state index is 6.13. The van der Waals surface area contributed by atoms with Gasteiger partial charge in [-0.3, -0.25) is 0 Å². The summed E-state index contributed by atoms with van der Waals surface area (Å²) in [6.07, 6.45) is 0. The number of hydrogen-bond acceptors (Lipinski definition) is 2. The Morgan fingerprint density at radius 2 is 2.11 bits per heavy atom. The number of nitrogens with one attached hydrogen (secondary N) is 1. The molecule has 0 aliphatic heterocycles. The normalized spacial score (nSPS) is 12.7. The molecule has 18 heavy (non-hydrogen) atoms. The molecule has 2 rings (SSSR count). The molecule has 0 saturated heterocycles. The van der Waals surface area contributed by atoms with Gasteiger partial charge in [0, 0.05) is 19.2 Å². The van der Waals surface area contributed by atoms with Gasteiger partial charge in [-0.25, -0.2) is 0 Å². The summed E-state index contributed by atoms with van der Waals surface area (Å²) < 4.78 is 1.01.